The van der Waals surface area contributed by atoms with Crippen LogP contribution in [0.3, 0.4) is 0 Å². The van der Waals surface area contributed by atoms with Gasteiger partial charge in [0.25, 0.3) is 0 Å². The monoisotopic (exact) mass is 228 g/mol. The van der Waals surface area contributed by atoms with Crippen molar-refractivity contribution in [2.24, 2.45) is 0 Å². The maximum Gasteiger partial charge on any atom is 0.126 e. The van der Waals surface area contributed by atoms with E-state index in [9.17, 15) is 0 Å². The van der Waals surface area contributed by atoms with Crippen LogP contribution in [0.15, 0.2) is 10.5 Å². The average molecular weight is 229 g/mol. The Labute approximate surface area is 81.9 Å². The smallest absolute Gasteiger partial charge is 0.126 e. The maximum absolute atomic E-state index is 5.31. The van der Waals surface area contributed by atoms with Crippen LogP contribution >= 0.6 is 15.9 Å². The lowest BCUT2D eigenvalue weighted by Crippen LogP contribution is -1.94. The van der Waals surface area contributed by atoms with E-state index in [1.807, 2.05) is 0 Å². The summed E-state index contributed by atoms with van der Waals surface area (Å²) in [5.41, 5.74) is 3.64. The minimum atomic E-state index is 0.988. The molecule has 0 N–H and O–H groups in total. The summed E-state index contributed by atoms with van der Waals surface area (Å²) in [6, 6.07) is 2.12. The molecule has 0 bridgehead atoms. The van der Waals surface area contributed by atoms with E-state index < -0.39 is 0 Å². The van der Waals surface area contributed by atoms with Gasteiger partial charge in [0.05, 0.1) is 7.11 Å². The number of benzene rings is 1. The Morgan fingerprint density at radius 3 is 2.25 bits per heavy atom. The standard InChI is InChI=1S/C10H13BrO/c1-6-5-9(11)8(3)10(12-4)7(6)2/h5H,1-4H3. The molecule has 0 aliphatic heterocycles. The van der Waals surface area contributed by atoms with Gasteiger partial charge in [0, 0.05) is 10.0 Å². The number of methoxy groups -OCH3 is 1. The van der Waals surface area contributed by atoms with Gasteiger partial charge in [0.1, 0.15) is 5.75 Å². The average Bonchev–Trinajstić information content (AvgIpc) is 2.02. The Hall–Kier alpha value is -0.500. The number of hydrogen-bond acceptors (Lipinski definition) is 1. The second-order valence-electron chi connectivity index (χ2n) is 2.96. The minimum Gasteiger partial charge on any atom is -0.496 e. The van der Waals surface area contributed by atoms with E-state index in [0.29, 0.717) is 0 Å². The van der Waals surface area contributed by atoms with Crippen molar-refractivity contribution in [3.05, 3.63) is 27.2 Å². The second-order valence-corrected chi connectivity index (χ2v) is 3.81. The molecule has 1 nitrogen and oxygen atoms in total. The van der Waals surface area contributed by atoms with Crippen LogP contribution in [0.4, 0.5) is 0 Å². The molecule has 0 fully saturated rings. The molecule has 0 saturated heterocycles. The van der Waals surface area contributed by atoms with E-state index >= 15 is 0 Å². The predicted molar refractivity (Wildman–Crippen MR) is 54.9 cm³/mol. The first-order chi connectivity index (χ1) is 5.57. The van der Waals surface area contributed by atoms with E-state index in [-0.39, 0.29) is 0 Å². The predicted octanol–water partition coefficient (Wildman–Crippen LogP) is 3.38. The first kappa shape index (κ1) is 9.59. The van der Waals surface area contributed by atoms with Crippen molar-refractivity contribution in [3.8, 4) is 5.75 Å². The second kappa shape index (κ2) is 3.48. The van der Waals surface area contributed by atoms with Crippen LogP contribution in [0.2, 0.25) is 0 Å². The molecule has 0 spiro atoms. The molecule has 66 valence electrons. The third-order valence-corrected chi connectivity index (χ3v) is 3.00. The number of halogens is 1. The highest BCUT2D eigenvalue weighted by molar-refractivity contribution is 9.10. The van der Waals surface area contributed by atoms with Gasteiger partial charge in [-0.15, -0.1) is 0 Å². The van der Waals surface area contributed by atoms with E-state index in [2.05, 4.69) is 42.8 Å². The molecule has 0 heterocycles. The number of ether oxygens (including phenoxy) is 1. The van der Waals surface area contributed by atoms with Crippen molar-refractivity contribution in [1.29, 1.82) is 0 Å². The van der Waals surface area contributed by atoms with Gasteiger partial charge in [-0.2, -0.15) is 0 Å². The highest BCUT2D eigenvalue weighted by atomic mass is 79.9. The van der Waals surface area contributed by atoms with Crippen molar-refractivity contribution in [1.82, 2.24) is 0 Å². The van der Waals surface area contributed by atoms with Crippen LogP contribution in [0.1, 0.15) is 16.7 Å². The first-order valence-corrected chi connectivity index (χ1v) is 4.67. The summed E-state index contributed by atoms with van der Waals surface area (Å²) in [5.74, 6) is 0.988. The van der Waals surface area contributed by atoms with Crippen LogP contribution in [0.25, 0.3) is 0 Å². The lowest BCUT2D eigenvalue weighted by molar-refractivity contribution is 0.408. The highest BCUT2D eigenvalue weighted by Gasteiger charge is 2.08. The molecule has 1 aromatic rings. The van der Waals surface area contributed by atoms with Gasteiger partial charge < -0.3 is 4.74 Å². The Kier molecular flexibility index (Phi) is 2.78. The van der Waals surface area contributed by atoms with Crippen molar-refractivity contribution in [2.45, 2.75) is 20.8 Å². The molecule has 0 aromatic heterocycles. The van der Waals surface area contributed by atoms with E-state index in [0.717, 1.165) is 10.2 Å². The summed E-state index contributed by atoms with van der Waals surface area (Å²) in [4.78, 5) is 0. The number of rotatable bonds is 1. The molecule has 1 aromatic carbocycles. The van der Waals surface area contributed by atoms with Crippen LogP contribution in [-0.2, 0) is 0 Å². The fourth-order valence-electron chi connectivity index (χ4n) is 1.28. The summed E-state index contributed by atoms with van der Waals surface area (Å²) in [5, 5.41) is 0. The molecule has 0 saturated carbocycles. The lowest BCUT2D eigenvalue weighted by atomic mass is 10.1. The zero-order valence-corrected chi connectivity index (χ0v) is 9.45. The third kappa shape index (κ3) is 1.48. The zero-order valence-electron chi connectivity index (χ0n) is 7.86. The molecule has 2 heteroatoms. The molecule has 1 rings (SSSR count). The van der Waals surface area contributed by atoms with Gasteiger partial charge in [-0.05, 0) is 38.0 Å². The summed E-state index contributed by atoms with van der Waals surface area (Å²) >= 11 is 3.49. The van der Waals surface area contributed by atoms with Gasteiger partial charge in [0.2, 0.25) is 0 Å². The molecule has 0 unspecified atom stereocenters. The third-order valence-electron chi connectivity index (χ3n) is 2.18. The number of aryl methyl sites for hydroxylation is 1. The minimum absolute atomic E-state index is 0.988. The Bertz CT molecular complexity index is 279. The molecular formula is C10H13BrO. The maximum atomic E-state index is 5.31. The van der Waals surface area contributed by atoms with Crippen LogP contribution in [0, 0.1) is 20.8 Å². The van der Waals surface area contributed by atoms with Gasteiger partial charge >= 0.3 is 0 Å². The van der Waals surface area contributed by atoms with Crippen molar-refractivity contribution in [3.63, 3.8) is 0 Å². The van der Waals surface area contributed by atoms with Gasteiger partial charge in [-0.3, -0.25) is 0 Å². The summed E-state index contributed by atoms with van der Waals surface area (Å²) in [6.07, 6.45) is 0. The largest absolute Gasteiger partial charge is 0.496 e. The molecular weight excluding hydrogens is 216 g/mol. The summed E-state index contributed by atoms with van der Waals surface area (Å²) in [6.45, 7) is 6.21. The molecule has 0 aliphatic rings. The lowest BCUT2D eigenvalue weighted by Gasteiger charge is -2.12. The Morgan fingerprint density at radius 2 is 1.75 bits per heavy atom. The van der Waals surface area contributed by atoms with Crippen LogP contribution < -0.4 is 4.74 Å². The van der Waals surface area contributed by atoms with Gasteiger partial charge in [0.15, 0.2) is 0 Å². The fraction of sp³-hybridized carbons (Fsp3) is 0.400. The zero-order chi connectivity index (χ0) is 9.30. The van der Waals surface area contributed by atoms with E-state index in [1.165, 1.54) is 16.7 Å². The Morgan fingerprint density at radius 1 is 1.17 bits per heavy atom. The van der Waals surface area contributed by atoms with Crippen molar-refractivity contribution < 1.29 is 4.74 Å². The molecule has 0 amide bonds. The van der Waals surface area contributed by atoms with E-state index in [4.69, 9.17) is 4.74 Å². The van der Waals surface area contributed by atoms with Crippen molar-refractivity contribution >= 4 is 15.9 Å². The molecule has 0 aliphatic carbocycles. The van der Waals surface area contributed by atoms with Crippen LogP contribution in [0.5, 0.6) is 5.75 Å². The molecule has 12 heavy (non-hydrogen) atoms. The van der Waals surface area contributed by atoms with Crippen LogP contribution in [-0.4, -0.2) is 7.11 Å². The summed E-state index contributed by atoms with van der Waals surface area (Å²) in [7, 11) is 1.71. The fourth-order valence-corrected chi connectivity index (χ4v) is 1.81. The highest BCUT2D eigenvalue weighted by Crippen LogP contribution is 2.31. The summed E-state index contributed by atoms with van der Waals surface area (Å²) < 4.78 is 6.42. The Balaban J connectivity index is 3.42. The quantitative estimate of drug-likeness (QED) is 0.717. The molecule has 0 radical (unpaired) electrons. The molecule has 0 atom stereocenters. The van der Waals surface area contributed by atoms with E-state index in [1.54, 1.807) is 7.11 Å². The van der Waals surface area contributed by atoms with Crippen molar-refractivity contribution in [2.75, 3.05) is 7.11 Å². The topological polar surface area (TPSA) is 9.23 Å². The normalized spacial score (nSPS) is 10.1. The first-order valence-electron chi connectivity index (χ1n) is 3.88. The van der Waals surface area contributed by atoms with Gasteiger partial charge in [-0.25, -0.2) is 0 Å². The van der Waals surface area contributed by atoms with Gasteiger partial charge in [-0.1, -0.05) is 15.9 Å². The number of hydrogen-bond donors (Lipinski definition) is 0. The SMILES string of the molecule is COc1c(C)c(C)cc(Br)c1C.